The fourth-order valence-corrected chi connectivity index (χ4v) is 3.88. The minimum atomic E-state index is -0.1000. The lowest BCUT2D eigenvalue weighted by Crippen LogP contribution is -2.29. The molecule has 2 atom stereocenters. The number of amides is 1. The van der Waals surface area contributed by atoms with E-state index >= 15 is 0 Å². The Morgan fingerprint density at radius 3 is 1.94 bits per heavy atom. The van der Waals surface area contributed by atoms with Gasteiger partial charge in [-0.3, -0.25) is 9.69 Å². The number of carbonyl (C=O) groups excluding carboxylic acids is 1. The Morgan fingerprint density at radius 1 is 0.829 bits per heavy atom. The zero-order valence-electron chi connectivity index (χ0n) is 21.1. The monoisotopic (exact) mass is 472 g/mol. The first kappa shape index (κ1) is 24.3. The molecule has 0 aliphatic carbocycles. The summed E-state index contributed by atoms with van der Waals surface area (Å²) in [7, 11) is 5.86. The average molecular weight is 473 g/mol. The van der Waals surface area contributed by atoms with Crippen LogP contribution in [0.5, 0.6) is 0 Å². The lowest BCUT2D eigenvalue weighted by Gasteiger charge is -2.24. The predicted molar refractivity (Wildman–Crippen MR) is 136 cm³/mol. The molecule has 1 amide bonds. The van der Waals surface area contributed by atoms with E-state index in [0.29, 0.717) is 5.82 Å². The summed E-state index contributed by atoms with van der Waals surface area (Å²) in [4.78, 5) is 40.5. The zero-order valence-corrected chi connectivity index (χ0v) is 21.1. The summed E-state index contributed by atoms with van der Waals surface area (Å²) in [6.45, 7) is 5.71. The quantitative estimate of drug-likeness (QED) is 0.392. The second-order valence-corrected chi connectivity index (χ2v) is 8.93. The van der Waals surface area contributed by atoms with Gasteiger partial charge in [0.25, 0.3) is 0 Å². The van der Waals surface area contributed by atoms with Gasteiger partial charge < -0.3 is 14.9 Å². The summed E-state index contributed by atoms with van der Waals surface area (Å²) in [5, 5.41) is 0. The fourth-order valence-electron chi connectivity index (χ4n) is 3.88. The van der Waals surface area contributed by atoms with Crippen LogP contribution >= 0.6 is 0 Å². The van der Waals surface area contributed by atoms with Gasteiger partial charge in [-0.15, -0.1) is 0 Å². The fraction of sp³-hybridized carbons (Fsp3) is 0.346. The van der Waals surface area contributed by atoms with Crippen molar-refractivity contribution in [2.45, 2.75) is 39.3 Å². The van der Waals surface area contributed by atoms with Crippen LogP contribution in [0.4, 0.5) is 0 Å². The SMILES string of the molecule is CC[C@@H](c1ncc(-c2cnc(-c3ccc(-c4cnc([C@H](C)N(C)C)[nH]4)cc3)nc2)[nH]1)N(C)C(C)=O. The van der Waals surface area contributed by atoms with Crippen molar-refractivity contribution >= 4 is 5.91 Å². The van der Waals surface area contributed by atoms with Gasteiger partial charge >= 0.3 is 0 Å². The molecule has 182 valence electrons. The Labute approximate surface area is 205 Å². The largest absolute Gasteiger partial charge is 0.341 e. The summed E-state index contributed by atoms with van der Waals surface area (Å²) < 4.78 is 0. The topological polar surface area (TPSA) is 107 Å². The summed E-state index contributed by atoms with van der Waals surface area (Å²) in [5.74, 6) is 2.34. The van der Waals surface area contributed by atoms with Crippen LogP contribution in [-0.4, -0.2) is 66.8 Å². The van der Waals surface area contributed by atoms with Crippen molar-refractivity contribution in [3.05, 3.63) is 60.7 Å². The lowest BCUT2D eigenvalue weighted by atomic mass is 10.1. The number of imidazole rings is 2. The van der Waals surface area contributed by atoms with E-state index in [1.165, 1.54) is 0 Å². The van der Waals surface area contributed by atoms with Gasteiger partial charge in [0.2, 0.25) is 5.91 Å². The molecule has 4 aromatic rings. The normalized spacial score (nSPS) is 13.1. The van der Waals surface area contributed by atoms with Crippen LogP contribution in [0.25, 0.3) is 33.9 Å². The van der Waals surface area contributed by atoms with Gasteiger partial charge in [-0.1, -0.05) is 31.2 Å². The maximum absolute atomic E-state index is 11.8. The number of benzene rings is 1. The Hall–Kier alpha value is -3.85. The third-order valence-electron chi connectivity index (χ3n) is 6.44. The molecular weight excluding hydrogens is 440 g/mol. The number of hydrogen-bond acceptors (Lipinski definition) is 6. The molecule has 0 radical (unpaired) electrons. The minimum Gasteiger partial charge on any atom is -0.341 e. The van der Waals surface area contributed by atoms with Crippen molar-refractivity contribution in [2.75, 3.05) is 21.1 Å². The Kier molecular flexibility index (Phi) is 7.07. The van der Waals surface area contributed by atoms with E-state index in [1.54, 1.807) is 37.5 Å². The maximum atomic E-state index is 11.8. The van der Waals surface area contributed by atoms with Crippen molar-refractivity contribution in [2.24, 2.45) is 0 Å². The van der Waals surface area contributed by atoms with Gasteiger partial charge in [0.15, 0.2) is 5.82 Å². The summed E-state index contributed by atoms with van der Waals surface area (Å²) >= 11 is 0. The molecule has 3 aromatic heterocycles. The van der Waals surface area contributed by atoms with Gasteiger partial charge in [-0.25, -0.2) is 19.9 Å². The number of hydrogen-bond donors (Lipinski definition) is 2. The van der Waals surface area contributed by atoms with Crippen LogP contribution in [0, 0.1) is 0 Å². The second-order valence-electron chi connectivity index (χ2n) is 8.93. The van der Waals surface area contributed by atoms with Crippen LogP contribution in [0.2, 0.25) is 0 Å². The maximum Gasteiger partial charge on any atom is 0.219 e. The van der Waals surface area contributed by atoms with Gasteiger partial charge in [-0.05, 0) is 33.0 Å². The van der Waals surface area contributed by atoms with Gasteiger partial charge in [-0.2, -0.15) is 0 Å². The van der Waals surface area contributed by atoms with Crippen LogP contribution in [-0.2, 0) is 4.79 Å². The zero-order chi connectivity index (χ0) is 25.1. The number of aromatic nitrogens is 6. The highest BCUT2D eigenvalue weighted by Crippen LogP contribution is 2.26. The molecule has 9 nitrogen and oxygen atoms in total. The summed E-state index contributed by atoms with van der Waals surface area (Å²) in [6.07, 6.45) is 7.96. The molecule has 0 spiro atoms. The van der Waals surface area contributed by atoms with Crippen LogP contribution in [0.1, 0.15) is 50.9 Å². The van der Waals surface area contributed by atoms with Gasteiger partial charge in [0.05, 0.1) is 35.9 Å². The van der Waals surface area contributed by atoms with E-state index < -0.39 is 0 Å². The number of aromatic amines is 2. The smallest absolute Gasteiger partial charge is 0.219 e. The van der Waals surface area contributed by atoms with Crippen molar-refractivity contribution in [1.29, 1.82) is 0 Å². The molecule has 0 aliphatic rings. The van der Waals surface area contributed by atoms with Gasteiger partial charge in [0, 0.05) is 37.5 Å². The first-order chi connectivity index (χ1) is 16.8. The van der Waals surface area contributed by atoms with E-state index in [0.717, 1.165) is 46.1 Å². The molecule has 0 saturated carbocycles. The van der Waals surface area contributed by atoms with Crippen molar-refractivity contribution in [3.63, 3.8) is 0 Å². The van der Waals surface area contributed by atoms with Crippen LogP contribution < -0.4 is 0 Å². The lowest BCUT2D eigenvalue weighted by molar-refractivity contribution is -0.129. The predicted octanol–water partition coefficient (Wildman–Crippen LogP) is 4.48. The molecule has 0 aliphatic heterocycles. The van der Waals surface area contributed by atoms with E-state index in [9.17, 15) is 4.79 Å². The molecule has 9 heteroatoms. The molecule has 0 saturated heterocycles. The molecule has 1 aromatic carbocycles. The first-order valence-corrected chi connectivity index (χ1v) is 11.7. The average Bonchev–Trinajstić information content (AvgIpc) is 3.55. The Bertz CT molecular complexity index is 1270. The van der Waals surface area contributed by atoms with Crippen LogP contribution in [0.3, 0.4) is 0 Å². The van der Waals surface area contributed by atoms with Crippen molar-refractivity contribution in [3.8, 4) is 33.9 Å². The van der Waals surface area contributed by atoms with Crippen LogP contribution in [0.15, 0.2) is 49.1 Å². The summed E-state index contributed by atoms with van der Waals surface area (Å²) in [5.41, 5.74) is 4.62. The molecule has 2 N–H and O–H groups in total. The third-order valence-corrected chi connectivity index (χ3v) is 6.44. The molecule has 3 heterocycles. The Morgan fingerprint density at radius 2 is 1.37 bits per heavy atom. The number of nitrogens with zero attached hydrogens (tertiary/aromatic N) is 6. The van der Waals surface area contributed by atoms with E-state index in [1.807, 2.05) is 51.5 Å². The molecular formula is C26H32N8O. The van der Waals surface area contributed by atoms with E-state index in [-0.39, 0.29) is 18.0 Å². The summed E-state index contributed by atoms with van der Waals surface area (Å²) in [6, 6.07) is 8.22. The molecule has 35 heavy (non-hydrogen) atoms. The second kappa shape index (κ2) is 10.2. The highest BCUT2D eigenvalue weighted by atomic mass is 16.2. The van der Waals surface area contributed by atoms with Gasteiger partial charge in [0.1, 0.15) is 11.6 Å². The van der Waals surface area contributed by atoms with E-state index in [2.05, 4.69) is 41.7 Å². The van der Waals surface area contributed by atoms with Crippen molar-refractivity contribution in [1.82, 2.24) is 39.7 Å². The number of rotatable bonds is 8. The van der Waals surface area contributed by atoms with E-state index in [4.69, 9.17) is 0 Å². The Balaban J connectivity index is 1.49. The number of carbonyl (C=O) groups is 1. The minimum absolute atomic E-state index is 0.00426. The first-order valence-electron chi connectivity index (χ1n) is 11.7. The molecule has 4 rings (SSSR count). The number of nitrogens with one attached hydrogen (secondary N) is 2. The third kappa shape index (κ3) is 5.14. The highest BCUT2D eigenvalue weighted by molar-refractivity contribution is 5.73. The molecule has 0 fully saturated rings. The molecule has 0 bridgehead atoms. The molecule has 0 unspecified atom stereocenters. The standard InChI is InChI=1S/C26H32N8O/c1-7-23(34(6)17(3)35)26-30-15-22(32-26)20-12-27-25(28-13-20)19-10-8-18(9-11-19)21-14-29-24(31-21)16(2)33(4)5/h8-16,23H,7H2,1-6H3,(H,29,31)(H,30,32)/t16-,23-/m0/s1. The van der Waals surface area contributed by atoms with Crippen molar-refractivity contribution < 1.29 is 4.79 Å². The highest BCUT2D eigenvalue weighted by Gasteiger charge is 2.20. The number of H-pyrrole nitrogens is 2.